The van der Waals surface area contributed by atoms with Crippen LogP contribution in [0, 0.1) is 17.2 Å². The van der Waals surface area contributed by atoms with Crippen LogP contribution in [-0.2, 0) is 0 Å². The predicted molar refractivity (Wildman–Crippen MR) is 64.3 cm³/mol. The van der Waals surface area contributed by atoms with Crippen molar-refractivity contribution in [3.05, 3.63) is 28.8 Å². The number of aromatic hydroxyl groups is 1. The molecule has 0 amide bonds. The maximum Gasteiger partial charge on any atom is 0.134 e. The fourth-order valence-corrected chi connectivity index (χ4v) is 1.48. The van der Waals surface area contributed by atoms with Crippen LogP contribution < -0.4 is 5.32 Å². The Morgan fingerprint density at radius 2 is 2.19 bits per heavy atom. The van der Waals surface area contributed by atoms with Gasteiger partial charge in [0.15, 0.2) is 0 Å². The molecule has 0 fully saturated rings. The molecule has 3 nitrogen and oxygen atoms in total. The zero-order chi connectivity index (χ0) is 12.1. The molecule has 16 heavy (non-hydrogen) atoms. The summed E-state index contributed by atoms with van der Waals surface area (Å²) in [5.41, 5.74) is 0.769. The number of nitriles is 1. The van der Waals surface area contributed by atoms with Gasteiger partial charge in [-0.15, -0.1) is 0 Å². The minimum absolute atomic E-state index is 0.0333. The van der Waals surface area contributed by atoms with Crippen LogP contribution in [0.2, 0.25) is 5.02 Å². The highest BCUT2D eigenvalue weighted by Gasteiger charge is 2.11. The van der Waals surface area contributed by atoms with E-state index in [1.807, 2.05) is 0 Å². The van der Waals surface area contributed by atoms with E-state index < -0.39 is 0 Å². The summed E-state index contributed by atoms with van der Waals surface area (Å²) in [5.74, 6) is 0.509. The van der Waals surface area contributed by atoms with E-state index in [1.165, 1.54) is 6.07 Å². The van der Waals surface area contributed by atoms with Crippen molar-refractivity contribution in [1.29, 1.82) is 5.26 Å². The van der Waals surface area contributed by atoms with Crippen molar-refractivity contribution in [2.45, 2.75) is 19.9 Å². The number of hydrogen-bond acceptors (Lipinski definition) is 3. The normalized spacial score (nSPS) is 12.4. The number of nitrogens with one attached hydrogen (secondary N) is 1. The zero-order valence-electron chi connectivity index (χ0n) is 9.37. The van der Waals surface area contributed by atoms with E-state index >= 15 is 0 Å². The number of halogens is 1. The summed E-state index contributed by atoms with van der Waals surface area (Å²) in [4.78, 5) is 0. The average molecular weight is 239 g/mol. The van der Waals surface area contributed by atoms with E-state index in [1.54, 1.807) is 12.1 Å². The van der Waals surface area contributed by atoms with Crippen molar-refractivity contribution < 1.29 is 5.11 Å². The van der Waals surface area contributed by atoms with Gasteiger partial charge in [0, 0.05) is 0 Å². The van der Waals surface area contributed by atoms with Gasteiger partial charge in [-0.05, 0) is 30.2 Å². The van der Waals surface area contributed by atoms with Gasteiger partial charge < -0.3 is 5.11 Å². The quantitative estimate of drug-likeness (QED) is 0.848. The summed E-state index contributed by atoms with van der Waals surface area (Å²) in [6.07, 6.45) is 0. The minimum atomic E-state index is -0.388. The summed E-state index contributed by atoms with van der Waals surface area (Å²) in [5, 5.41) is 21.7. The summed E-state index contributed by atoms with van der Waals surface area (Å²) in [7, 11) is 0. The molecule has 1 aromatic rings. The average Bonchev–Trinajstić information content (AvgIpc) is 2.23. The number of rotatable bonds is 4. The van der Waals surface area contributed by atoms with Crippen LogP contribution in [0.1, 0.15) is 25.5 Å². The number of phenols is 1. The van der Waals surface area contributed by atoms with Gasteiger partial charge >= 0.3 is 0 Å². The molecular weight excluding hydrogens is 224 g/mol. The Hall–Kier alpha value is -1.24. The molecular formula is C12H15ClN2O. The van der Waals surface area contributed by atoms with Gasteiger partial charge in [0.2, 0.25) is 0 Å². The molecule has 0 heterocycles. The molecule has 0 aliphatic rings. The zero-order valence-corrected chi connectivity index (χ0v) is 10.1. The summed E-state index contributed by atoms with van der Waals surface area (Å²) < 4.78 is 0. The Morgan fingerprint density at radius 3 is 2.69 bits per heavy atom. The molecule has 0 saturated carbocycles. The molecule has 1 atom stereocenters. The third-order valence-corrected chi connectivity index (χ3v) is 2.47. The van der Waals surface area contributed by atoms with Gasteiger partial charge in [-0.3, -0.25) is 5.32 Å². The Bertz CT molecular complexity index is 398. The van der Waals surface area contributed by atoms with Crippen molar-refractivity contribution in [2.75, 3.05) is 6.54 Å². The second-order valence-corrected chi connectivity index (χ2v) is 4.48. The topological polar surface area (TPSA) is 56.0 Å². The maximum atomic E-state index is 9.28. The predicted octanol–water partition coefficient (Wildman–Crippen LogP) is 2.86. The smallest absolute Gasteiger partial charge is 0.134 e. The van der Waals surface area contributed by atoms with Crippen LogP contribution >= 0.6 is 11.6 Å². The minimum Gasteiger partial charge on any atom is -0.506 e. The third-order valence-electron chi connectivity index (χ3n) is 2.16. The lowest BCUT2D eigenvalue weighted by Gasteiger charge is -2.14. The van der Waals surface area contributed by atoms with Crippen LogP contribution in [0.25, 0.3) is 0 Å². The van der Waals surface area contributed by atoms with Gasteiger partial charge in [-0.1, -0.05) is 31.5 Å². The van der Waals surface area contributed by atoms with Crippen LogP contribution in [0.5, 0.6) is 5.75 Å². The van der Waals surface area contributed by atoms with E-state index in [0.29, 0.717) is 5.92 Å². The van der Waals surface area contributed by atoms with Crippen LogP contribution in [0.15, 0.2) is 18.2 Å². The second-order valence-electron chi connectivity index (χ2n) is 4.08. The molecule has 0 bridgehead atoms. The van der Waals surface area contributed by atoms with Crippen molar-refractivity contribution in [2.24, 2.45) is 5.92 Å². The number of phenolic OH excluding ortho intramolecular Hbond substituents is 1. The molecule has 0 aromatic heterocycles. The van der Waals surface area contributed by atoms with Gasteiger partial charge in [-0.25, -0.2) is 0 Å². The SMILES string of the molecule is CC(C)CNC(C#N)c1ccc(O)c(Cl)c1. The third kappa shape index (κ3) is 3.41. The molecule has 0 saturated heterocycles. The molecule has 0 aliphatic heterocycles. The van der Waals surface area contributed by atoms with Gasteiger partial charge in [0.1, 0.15) is 11.8 Å². The Balaban J connectivity index is 2.80. The van der Waals surface area contributed by atoms with Gasteiger partial charge in [-0.2, -0.15) is 5.26 Å². The van der Waals surface area contributed by atoms with Crippen molar-refractivity contribution in [3.8, 4) is 11.8 Å². The summed E-state index contributed by atoms with van der Waals surface area (Å²) in [6.45, 7) is 4.91. The first-order valence-corrected chi connectivity index (χ1v) is 5.53. The second kappa shape index (κ2) is 5.74. The first-order valence-electron chi connectivity index (χ1n) is 5.16. The number of benzene rings is 1. The molecule has 0 spiro atoms. The summed E-state index contributed by atoms with van der Waals surface area (Å²) >= 11 is 5.79. The molecule has 0 radical (unpaired) electrons. The molecule has 0 aliphatic carbocycles. The van der Waals surface area contributed by atoms with Crippen LogP contribution in [0.4, 0.5) is 0 Å². The Labute approximate surface area is 101 Å². The molecule has 1 rings (SSSR count). The lowest BCUT2D eigenvalue weighted by atomic mass is 10.1. The van der Waals surface area contributed by atoms with E-state index in [-0.39, 0.29) is 16.8 Å². The number of nitrogens with zero attached hydrogens (tertiary/aromatic N) is 1. The fraction of sp³-hybridized carbons (Fsp3) is 0.417. The highest BCUT2D eigenvalue weighted by Crippen LogP contribution is 2.26. The molecule has 1 aromatic carbocycles. The Kier molecular flexibility index (Phi) is 4.60. The highest BCUT2D eigenvalue weighted by molar-refractivity contribution is 6.32. The van der Waals surface area contributed by atoms with Gasteiger partial charge in [0.05, 0.1) is 11.1 Å². The highest BCUT2D eigenvalue weighted by atomic mass is 35.5. The fourth-order valence-electron chi connectivity index (χ4n) is 1.29. The molecule has 86 valence electrons. The molecule has 1 unspecified atom stereocenters. The van der Waals surface area contributed by atoms with Crippen LogP contribution in [0.3, 0.4) is 0 Å². The monoisotopic (exact) mass is 238 g/mol. The standard InChI is InChI=1S/C12H15ClN2O/c1-8(2)7-15-11(6-14)9-3-4-12(16)10(13)5-9/h3-5,8,11,15-16H,7H2,1-2H3. The van der Waals surface area contributed by atoms with E-state index in [0.717, 1.165) is 12.1 Å². The first kappa shape index (κ1) is 12.8. The number of hydrogen-bond donors (Lipinski definition) is 2. The Morgan fingerprint density at radius 1 is 1.50 bits per heavy atom. The van der Waals surface area contributed by atoms with E-state index in [2.05, 4.69) is 25.2 Å². The van der Waals surface area contributed by atoms with Gasteiger partial charge in [0.25, 0.3) is 0 Å². The van der Waals surface area contributed by atoms with E-state index in [4.69, 9.17) is 16.9 Å². The maximum absolute atomic E-state index is 9.28. The largest absolute Gasteiger partial charge is 0.506 e. The van der Waals surface area contributed by atoms with Crippen molar-refractivity contribution in [3.63, 3.8) is 0 Å². The molecule has 2 N–H and O–H groups in total. The van der Waals surface area contributed by atoms with Crippen molar-refractivity contribution in [1.82, 2.24) is 5.32 Å². The van der Waals surface area contributed by atoms with E-state index in [9.17, 15) is 5.11 Å². The van der Waals surface area contributed by atoms with Crippen LogP contribution in [-0.4, -0.2) is 11.7 Å². The lowest BCUT2D eigenvalue weighted by molar-refractivity contribution is 0.474. The summed E-state index contributed by atoms with van der Waals surface area (Å²) in [6, 6.07) is 6.59. The first-order chi connectivity index (χ1) is 7.54. The molecule has 4 heteroatoms. The lowest BCUT2D eigenvalue weighted by Crippen LogP contribution is -2.24. The van der Waals surface area contributed by atoms with Crippen molar-refractivity contribution >= 4 is 11.6 Å².